The van der Waals surface area contributed by atoms with E-state index in [0.29, 0.717) is 17.5 Å². The zero-order valence-corrected chi connectivity index (χ0v) is 13.4. The van der Waals surface area contributed by atoms with Crippen molar-refractivity contribution in [1.82, 2.24) is 5.32 Å². The fourth-order valence-corrected chi connectivity index (χ4v) is 4.54. The third-order valence-electron chi connectivity index (χ3n) is 3.89. The molecule has 1 saturated carbocycles. The molecule has 1 aromatic rings. The summed E-state index contributed by atoms with van der Waals surface area (Å²) in [5.41, 5.74) is 0.474. The quantitative estimate of drug-likeness (QED) is 0.798. The maximum Gasteiger partial charge on any atom is 0.0931 e. The Labute approximate surface area is 120 Å². The van der Waals surface area contributed by atoms with Crippen molar-refractivity contribution in [3.8, 4) is 0 Å². The number of thiophene rings is 1. The first-order chi connectivity index (χ1) is 8.35. The van der Waals surface area contributed by atoms with E-state index in [4.69, 9.17) is 11.6 Å². The van der Waals surface area contributed by atoms with Crippen molar-refractivity contribution in [1.29, 1.82) is 0 Å². The van der Waals surface area contributed by atoms with E-state index in [9.17, 15) is 0 Å². The first-order valence-electron chi connectivity index (χ1n) is 6.87. The highest BCUT2D eigenvalue weighted by Crippen LogP contribution is 2.39. The summed E-state index contributed by atoms with van der Waals surface area (Å²) < 4.78 is 0.885. The van der Waals surface area contributed by atoms with Crippen LogP contribution in [0.4, 0.5) is 0 Å². The summed E-state index contributed by atoms with van der Waals surface area (Å²) in [6.07, 6.45) is 3.93. The van der Waals surface area contributed by atoms with Crippen molar-refractivity contribution in [3.63, 3.8) is 0 Å². The molecule has 0 radical (unpaired) electrons. The number of rotatable bonds is 3. The van der Waals surface area contributed by atoms with Gasteiger partial charge in [-0.05, 0) is 49.7 Å². The topological polar surface area (TPSA) is 12.0 Å². The van der Waals surface area contributed by atoms with Crippen molar-refractivity contribution in [2.24, 2.45) is 11.3 Å². The molecule has 102 valence electrons. The van der Waals surface area contributed by atoms with E-state index in [-0.39, 0.29) is 0 Å². The van der Waals surface area contributed by atoms with Crippen LogP contribution in [0.25, 0.3) is 0 Å². The van der Waals surface area contributed by atoms with Crippen molar-refractivity contribution >= 4 is 22.9 Å². The van der Waals surface area contributed by atoms with Gasteiger partial charge in [0.1, 0.15) is 0 Å². The minimum atomic E-state index is 0.411. The van der Waals surface area contributed by atoms with Crippen molar-refractivity contribution in [3.05, 3.63) is 21.3 Å². The van der Waals surface area contributed by atoms with Gasteiger partial charge in [0.05, 0.1) is 4.34 Å². The summed E-state index contributed by atoms with van der Waals surface area (Å²) in [5.74, 6) is 0.824. The van der Waals surface area contributed by atoms with Gasteiger partial charge in [-0.25, -0.2) is 0 Å². The maximum atomic E-state index is 6.01. The standard InChI is InChI=1S/C15H24ClNS/c1-10-7-12(9-15(3,4)8-10)17-11(2)13-5-6-14(16)18-13/h5-6,10-12,17H,7-9H2,1-4H3. The highest BCUT2D eigenvalue weighted by atomic mass is 35.5. The molecule has 0 bridgehead atoms. The van der Waals surface area contributed by atoms with Gasteiger partial charge in [-0.3, -0.25) is 0 Å². The van der Waals surface area contributed by atoms with Crippen LogP contribution >= 0.6 is 22.9 Å². The Morgan fingerprint density at radius 2 is 2.11 bits per heavy atom. The Bertz CT molecular complexity index is 399. The van der Waals surface area contributed by atoms with Crippen molar-refractivity contribution < 1.29 is 0 Å². The van der Waals surface area contributed by atoms with E-state index in [1.807, 2.05) is 6.07 Å². The fraction of sp³-hybridized carbons (Fsp3) is 0.733. The first kappa shape index (κ1) is 14.4. The van der Waals surface area contributed by atoms with E-state index in [2.05, 4.69) is 39.1 Å². The molecule has 3 heteroatoms. The number of nitrogens with one attached hydrogen (secondary N) is 1. The lowest BCUT2D eigenvalue weighted by Gasteiger charge is -2.40. The summed E-state index contributed by atoms with van der Waals surface area (Å²) >= 11 is 7.69. The Kier molecular flexibility index (Phi) is 4.40. The molecule has 0 spiro atoms. The second-order valence-electron chi connectivity index (χ2n) is 6.64. The lowest BCUT2D eigenvalue weighted by molar-refractivity contribution is 0.146. The van der Waals surface area contributed by atoms with Crippen LogP contribution in [0.3, 0.4) is 0 Å². The Morgan fingerprint density at radius 1 is 1.39 bits per heavy atom. The Hall–Kier alpha value is -0.0500. The highest BCUT2D eigenvalue weighted by molar-refractivity contribution is 7.16. The molecule has 2 rings (SSSR count). The molecular weight excluding hydrogens is 262 g/mol. The van der Waals surface area contributed by atoms with Gasteiger partial charge in [0.15, 0.2) is 0 Å². The molecule has 3 atom stereocenters. The van der Waals surface area contributed by atoms with Crippen LogP contribution in [0, 0.1) is 11.3 Å². The van der Waals surface area contributed by atoms with Gasteiger partial charge in [0, 0.05) is 17.0 Å². The van der Waals surface area contributed by atoms with Crippen LogP contribution < -0.4 is 5.32 Å². The second-order valence-corrected chi connectivity index (χ2v) is 8.39. The normalized spacial score (nSPS) is 29.2. The van der Waals surface area contributed by atoms with Gasteiger partial charge in [0.2, 0.25) is 0 Å². The molecule has 1 fully saturated rings. The predicted octanol–water partition coefficient (Wildman–Crippen LogP) is 5.27. The molecular formula is C15H24ClNS. The van der Waals surface area contributed by atoms with Crippen LogP contribution in [0.2, 0.25) is 4.34 Å². The molecule has 1 nitrogen and oxygen atoms in total. The van der Waals surface area contributed by atoms with E-state index in [0.717, 1.165) is 10.3 Å². The van der Waals surface area contributed by atoms with E-state index in [1.165, 1.54) is 24.1 Å². The molecule has 0 saturated heterocycles. The van der Waals surface area contributed by atoms with Gasteiger partial charge in [0.25, 0.3) is 0 Å². The lowest BCUT2D eigenvalue weighted by Crippen LogP contribution is -2.41. The zero-order chi connectivity index (χ0) is 13.3. The largest absolute Gasteiger partial charge is 0.307 e. The number of hydrogen-bond acceptors (Lipinski definition) is 2. The van der Waals surface area contributed by atoms with Gasteiger partial charge in [-0.2, -0.15) is 0 Å². The summed E-state index contributed by atoms with van der Waals surface area (Å²) in [6, 6.07) is 5.18. The lowest BCUT2D eigenvalue weighted by atomic mass is 9.70. The fourth-order valence-electron chi connectivity index (χ4n) is 3.47. The SMILES string of the molecule is CC1CC(NC(C)c2ccc(Cl)s2)CC(C)(C)C1. The third kappa shape index (κ3) is 3.72. The molecule has 18 heavy (non-hydrogen) atoms. The van der Waals surface area contributed by atoms with Gasteiger partial charge >= 0.3 is 0 Å². The molecule has 0 aromatic carbocycles. The van der Waals surface area contributed by atoms with Crippen LogP contribution in [0.15, 0.2) is 12.1 Å². The summed E-state index contributed by atoms with van der Waals surface area (Å²) in [4.78, 5) is 1.34. The van der Waals surface area contributed by atoms with Gasteiger partial charge in [-0.15, -0.1) is 11.3 Å². The minimum Gasteiger partial charge on any atom is -0.307 e. The molecule has 3 unspecified atom stereocenters. The Balaban J connectivity index is 1.96. The van der Waals surface area contributed by atoms with E-state index >= 15 is 0 Å². The Morgan fingerprint density at radius 3 is 2.67 bits per heavy atom. The molecule has 0 aliphatic heterocycles. The molecule has 1 aliphatic rings. The van der Waals surface area contributed by atoms with E-state index < -0.39 is 0 Å². The van der Waals surface area contributed by atoms with Crippen LogP contribution in [-0.4, -0.2) is 6.04 Å². The second kappa shape index (κ2) is 5.52. The predicted molar refractivity (Wildman–Crippen MR) is 81.5 cm³/mol. The van der Waals surface area contributed by atoms with Crippen LogP contribution in [0.5, 0.6) is 0 Å². The number of hydrogen-bond donors (Lipinski definition) is 1. The zero-order valence-electron chi connectivity index (χ0n) is 11.8. The van der Waals surface area contributed by atoms with E-state index in [1.54, 1.807) is 11.3 Å². The minimum absolute atomic E-state index is 0.411. The molecule has 1 aromatic heterocycles. The third-order valence-corrected chi connectivity index (χ3v) is 5.31. The van der Waals surface area contributed by atoms with Crippen molar-refractivity contribution in [2.45, 2.75) is 59.0 Å². The maximum absolute atomic E-state index is 6.01. The average molecular weight is 286 g/mol. The molecule has 1 N–H and O–H groups in total. The van der Waals surface area contributed by atoms with Gasteiger partial charge < -0.3 is 5.32 Å². The molecule has 0 amide bonds. The monoisotopic (exact) mass is 285 g/mol. The summed E-state index contributed by atoms with van der Waals surface area (Å²) in [6.45, 7) is 9.41. The van der Waals surface area contributed by atoms with Crippen LogP contribution in [0.1, 0.15) is 57.9 Å². The first-order valence-corrected chi connectivity index (χ1v) is 8.06. The highest BCUT2D eigenvalue weighted by Gasteiger charge is 2.32. The molecule has 1 aliphatic carbocycles. The number of halogens is 1. The van der Waals surface area contributed by atoms with Crippen molar-refractivity contribution in [2.75, 3.05) is 0 Å². The molecule has 1 heterocycles. The van der Waals surface area contributed by atoms with Crippen LogP contribution in [-0.2, 0) is 0 Å². The van der Waals surface area contributed by atoms with Gasteiger partial charge in [-0.1, -0.05) is 32.4 Å². The average Bonchev–Trinajstić information content (AvgIpc) is 2.61. The summed E-state index contributed by atoms with van der Waals surface area (Å²) in [5, 5.41) is 3.79. The summed E-state index contributed by atoms with van der Waals surface area (Å²) in [7, 11) is 0. The smallest absolute Gasteiger partial charge is 0.0931 e.